The maximum atomic E-state index is 13.5. The molecule has 0 unspecified atom stereocenters. The number of sulfonamides is 1. The minimum absolute atomic E-state index is 0.00957. The maximum absolute atomic E-state index is 13.5. The summed E-state index contributed by atoms with van der Waals surface area (Å²) in [5.41, 5.74) is 1.90. The van der Waals surface area contributed by atoms with Crippen LogP contribution in [0, 0.1) is 19.8 Å². The molecule has 3 aromatic rings. The number of nitrogens with zero attached hydrogens (tertiary/aromatic N) is 3. The van der Waals surface area contributed by atoms with Gasteiger partial charge in [0.05, 0.1) is 37.6 Å². The Hall–Kier alpha value is -4.14. The number of carbonyl (C=O) groups is 2. The van der Waals surface area contributed by atoms with Gasteiger partial charge in [0.2, 0.25) is 15.9 Å². The average Bonchev–Trinajstić information content (AvgIpc) is 3.33. The van der Waals surface area contributed by atoms with Gasteiger partial charge in [-0.15, -0.1) is 0 Å². The molecule has 1 aromatic heterocycles. The van der Waals surface area contributed by atoms with Crippen LogP contribution in [-0.4, -0.2) is 85.8 Å². The molecule has 2 aromatic carbocycles. The van der Waals surface area contributed by atoms with E-state index in [2.05, 4.69) is 15.8 Å². The number of urea groups is 1. The van der Waals surface area contributed by atoms with Crippen molar-refractivity contribution in [1.29, 1.82) is 0 Å². The highest BCUT2D eigenvalue weighted by Crippen LogP contribution is 2.30. The Bertz CT molecular complexity index is 1570. The van der Waals surface area contributed by atoms with E-state index in [1.807, 2.05) is 6.92 Å². The van der Waals surface area contributed by atoms with Gasteiger partial charge in [-0.1, -0.05) is 12.1 Å². The molecule has 0 aliphatic carbocycles. The fourth-order valence-corrected chi connectivity index (χ4v) is 6.12. The molecule has 13 nitrogen and oxygen atoms in total. The van der Waals surface area contributed by atoms with Gasteiger partial charge in [-0.25, -0.2) is 13.2 Å². The van der Waals surface area contributed by atoms with E-state index in [9.17, 15) is 23.1 Å². The Kier molecular flexibility index (Phi) is 10.2. The molecule has 0 fully saturated rings. The lowest BCUT2D eigenvalue weighted by Gasteiger charge is -2.33. The second-order valence-corrected chi connectivity index (χ2v) is 13.0. The summed E-state index contributed by atoms with van der Waals surface area (Å²) in [6.45, 7) is 7.00. The number of aryl methyl sites for hydroxylation is 2. The molecule has 0 saturated heterocycles. The number of anilines is 2. The van der Waals surface area contributed by atoms with Crippen LogP contribution in [0.1, 0.15) is 30.9 Å². The van der Waals surface area contributed by atoms with Gasteiger partial charge in [0.1, 0.15) is 29.0 Å². The van der Waals surface area contributed by atoms with Crippen LogP contribution >= 0.6 is 0 Å². The van der Waals surface area contributed by atoms with Crippen LogP contribution in [0.15, 0.2) is 51.9 Å². The quantitative estimate of drug-likeness (QED) is 0.322. The smallest absolute Gasteiger partial charge is 0.323 e. The number of rotatable bonds is 9. The van der Waals surface area contributed by atoms with Crippen LogP contribution < -0.4 is 20.1 Å². The topological polar surface area (TPSA) is 164 Å². The number of methoxy groups -OCH3 is 1. The van der Waals surface area contributed by atoms with E-state index in [1.54, 1.807) is 56.0 Å². The molecule has 44 heavy (non-hydrogen) atoms. The molecule has 0 spiro atoms. The van der Waals surface area contributed by atoms with Crippen molar-refractivity contribution >= 4 is 33.3 Å². The van der Waals surface area contributed by atoms with Crippen LogP contribution in [-0.2, 0) is 21.2 Å². The van der Waals surface area contributed by atoms with E-state index in [4.69, 9.17) is 14.0 Å². The SMILES string of the molecule is COc1ccc(S(=O)(=O)N(C)C[C@H]2Oc3ccc(NC(=O)Nc4c(C)noc4C)cc3CC(=O)N([C@@H](C)CO)C[C@H]2C)cc1. The lowest BCUT2D eigenvalue weighted by molar-refractivity contribution is -0.134. The number of hydrogen-bond acceptors (Lipinski definition) is 9. The monoisotopic (exact) mass is 629 g/mol. The molecule has 1 aliphatic rings. The zero-order valence-electron chi connectivity index (χ0n) is 25.7. The first kappa shape index (κ1) is 32.8. The van der Waals surface area contributed by atoms with Gasteiger partial charge in [-0.05, 0) is 63.2 Å². The number of fused-ring (bicyclic) bond motifs is 1. The third-order valence-electron chi connectivity index (χ3n) is 7.65. The standard InChI is InChI=1S/C30H39N5O8S/c1-18-15-35(19(2)17-36)28(37)14-22-13-23(31-30(38)32-29-20(3)33-43-21(29)4)7-12-26(22)42-27(18)16-34(5)44(39,40)25-10-8-24(41-6)9-11-25/h7-13,18-19,27,36H,14-17H2,1-6H3,(H2,31,32,38)/t18-,19+,27-/m1/s1. The predicted octanol–water partition coefficient (Wildman–Crippen LogP) is 3.41. The van der Waals surface area contributed by atoms with Crippen molar-refractivity contribution in [3.63, 3.8) is 0 Å². The summed E-state index contributed by atoms with van der Waals surface area (Å²) >= 11 is 0. The molecule has 4 rings (SSSR count). The zero-order valence-corrected chi connectivity index (χ0v) is 26.5. The number of aromatic nitrogens is 1. The van der Waals surface area contributed by atoms with Crippen LogP contribution in [0.25, 0.3) is 0 Å². The largest absolute Gasteiger partial charge is 0.497 e. The molecule has 238 valence electrons. The van der Waals surface area contributed by atoms with Crippen LogP contribution in [0.3, 0.4) is 0 Å². The highest BCUT2D eigenvalue weighted by molar-refractivity contribution is 7.89. The average molecular weight is 630 g/mol. The van der Waals surface area contributed by atoms with E-state index < -0.39 is 28.2 Å². The van der Waals surface area contributed by atoms with Crippen molar-refractivity contribution in [2.75, 3.05) is 44.5 Å². The summed E-state index contributed by atoms with van der Waals surface area (Å²) in [5, 5.41) is 19.2. The van der Waals surface area contributed by atoms with E-state index in [1.165, 1.54) is 30.6 Å². The molecular formula is C30H39N5O8S. The Labute approximate surface area is 257 Å². The molecule has 2 heterocycles. The molecule has 3 N–H and O–H groups in total. The van der Waals surface area contributed by atoms with Crippen molar-refractivity contribution in [2.45, 2.75) is 51.2 Å². The number of carbonyl (C=O) groups excluding carboxylic acids is 2. The third-order valence-corrected chi connectivity index (χ3v) is 9.49. The van der Waals surface area contributed by atoms with Crippen LogP contribution in [0.2, 0.25) is 0 Å². The highest BCUT2D eigenvalue weighted by atomic mass is 32.2. The fourth-order valence-electron chi connectivity index (χ4n) is 4.94. The number of nitrogens with one attached hydrogen (secondary N) is 2. The zero-order chi connectivity index (χ0) is 32.2. The summed E-state index contributed by atoms with van der Waals surface area (Å²) in [6.07, 6.45) is -0.715. The molecule has 0 radical (unpaired) electrons. The summed E-state index contributed by atoms with van der Waals surface area (Å²) in [4.78, 5) is 27.9. The number of hydrogen-bond donors (Lipinski definition) is 3. The Morgan fingerprint density at radius 2 is 1.91 bits per heavy atom. The molecule has 0 saturated carbocycles. The van der Waals surface area contributed by atoms with Crippen LogP contribution in [0.4, 0.5) is 16.2 Å². The summed E-state index contributed by atoms with van der Waals surface area (Å²) in [5.74, 6) is 0.838. The van der Waals surface area contributed by atoms with Crippen LogP contribution in [0.5, 0.6) is 11.5 Å². The second kappa shape index (κ2) is 13.7. The number of benzene rings is 2. The first-order valence-corrected chi connectivity index (χ1v) is 15.6. The minimum Gasteiger partial charge on any atom is -0.497 e. The van der Waals surface area contributed by atoms with Gasteiger partial charge in [0.25, 0.3) is 0 Å². The van der Waals surface area contributed by atoms with Gasteiger partial charge in [0.15, 0.2) is 5.76 Å². The van der Waals surface area contributed by atoms with Gasteiger partial charge in [-0.2, -0.15) is 4.31 Å². The summed E-state index contributed by atoms with van der Waals surface area (Å²) < 4.78 is 44.8. The predicted molar refractivity (Wildman–Crippen MR) is 163 cm³/mol. The Morgan fingerprint density at radius 1 is 1.20 bits per heavy atom. The van der Waals surface area contributed by atoms with Gasteiger partial charge < -0.3 is 34.6 Å². The number of amides is 3. The van der Waals surface area contributed by atoms with E-state index in [0.717, 1.165) is 0 Å². The number of likely N-dealkylation sites (N-methyl/N-ethyl adjacent to an activating group) is 1. The minimum atomic E-state index is -3.88. The first-order chi connectivity index (χ1) is 20.8. The van der Waals surface area contributed by atoms with Crippen molar-refractivity contribution < 1.29 is 37.1 Å². The Morgan fingerprint density at radius 3 is 2.52 bits per heavy atom. The van der Waals surface area contributed by atoms with Gasteiger partial charge >= 0.3 is 6.03 Å². The third kappa shape index (κ3) is 7.31. The summed E-state index contributed by atoms with van der Waals surface area (Å²) in [6, 6.07) is 10.1. The highest BCUT2D eigenvalue weighted by Gasteiger charge is 2.33. The molecule has 3 atom stereocenters. The first-order valence-electron chi connectivity index (χ1n) is 14.1. The molecule has 0 bridgehead atoms. The van der Waals surface area contributed by atoms with Crippen molar-refractivity contribution in [3.8, 4) is 11.5 Å². The van der Waals surface area contributed by atoms with Crippen molar-refractivity contribution in [2.24, 2.45) is 5.92 Å². The lowest BCUT2D eigenvalue weighted by atomic mass is 10.0. The molecule has 1 aliphatic heterocycles. The van der Waals surface area contributed by atoms with Gasteiger partial charge in [0, 0.05) is 30.8 Å². The number of aliphatic hydroxyl groups is 1. The normalized spacial score (nSPS) is 18.0. The maximum Gasteiger partial charge on any atom is 0.323 e. The number of ether oxygens (including phenoxy) is 2. The summed E-state index contributed by atoms with van der Waals surface area (Å²) in [7, 11) is -0.893. The molecule has 3 amide bonds. The van der Waals surface area contributed by atoms with E-state index in [-0.39, 0.29) is 42.8 Å². The van der Waals surface area contributed by atoms with Crippen molar-refractivity contribution in [3.05, 3.63) is 59.5 Å². The fraction of sp³-hybridized carbons (Fsp3) is 0.433. The van der Waals surface area contributed by atoms with Gasteiger partial charge in [-0.3, -0.25) is 4.79 Å². The lowest BCUT2D eigenvalue weighted by Crippen LogP contribution is -2.48. The van der Waals surface area contributed by atoms with E-state index >= 15 is 0 Å². The molecular weight excluding hydrogens is 590 g/mol. The number of aliphatic hydroxyl groups excluding tert-OH is 1. The Balaban J connectivity index is 1.62. The van der Waals surface area contributed by atoms with Crippen molar-refractivity contribution in [1.82, 2.24) is 14.4 Å². The second-order valence-electron chi connectivity index (χ2n) is 10.9. The molecule has 14 heteroatoms. The van der Waals surface area contributed by atoms with E-state index in [0.29, 0.717) is 39.9 Å².